The molecule has 2 aromatic carbocycles. The zero-order valence-electron chi connectivity index (χ0n) is 11.2. The first kappa shape index (κ1) is 14.1. The summed E-state index contributed by atoms with van der Waals surface area (Å²) in [6.45, 7) is 5.03. The summed E-state index contributed by atoms with van der Waals surface area (Å²) in [5.41, 5.74) is 4.66. The van der Waals surface area contributed by atoms with Crippen LogP contribution in [-0.4, -0.2) is 6.54 Å². The van der Waals surface area contributed by atoms with Crippen molar-refractivity contribution in [3.63, 3.8) is 0 Å². The molecule has 0 aliphatic heterocycles. The highest BCUT2D eigenvalue weighted by Gasteiger charge is 2.11. The summed E-state index contributed by atoms with van der Waals surface area (Å²) >= 11 is 3.54. The van der Waals surface area contributed by atoms with Crippen molar-refractivity contribution >= 4 is 27.3 Å². The van der Waals surface area contributed by atoms with Crippen LogP contribution in [0.15, 0.2) is 42.5 Å². The van der Waals surface area contributed by atoms with Gasteiger partial charge in [0.2, 0.25) is 0 Å². The van der Waals surface area contributed by atoms with Crippen LogP contribution < -0.4 is 4.90 Å². The molecule has 1 nitrogen and oxygen atoms in total. The van der Waals surface area contributed by atoms with Gasteiger partial charge in [0.15, 0.2) is 0 Å². The number of halogens is 2. The number of nitrogens with zero attached hydrogens (tertiary/aromatic N) is 1. The fourth-order valence-corrected chi connectivity index (χ4v) is 2.65. The van der Waals surface area contributed by atoms with Gasteiger partial charge in [-0.3, -0.25) is 0 Å². The Labute approximate surface area is 122 Å². The first-order chi connectivity index (χ1) is 9.15. The van der Waals surface area contributed by atoms with Gasteiger partial charge in [-0.25, -0.2) is 4.39 Å². The van der Waals surface area contributed by atoms with Gasteiger partial charge in [-0.1, -0.05) is 33.6 Å². The molecular formula is C16H17BrFN. The van der Waals surface area contributed by atoms with Crippen LogP contribution in [0.5, 0.6) is 0 Å². The zero-order chi connectivity index (χ0) is 13.8. The summed E-state index contributed by atoms with van der Waals surface area (Å²) in [5, 5.41) is 0.807. The normalized spacial score (nSPS) is 10.5. The van der Waals surface area contributed by atoms with Crippen molar-refractivity contribution in [2.75, 3.05) is 11.4 Å². The molecule has 0 N–H and O–H groups in total. The van der Waals surface area contributed by atoms with Crippen LogP contribution in [0, 0.1) is 12.7 Å². The van der Waals surface area contributed by atoms with E-state index in [1.54, 1.807) is 0 Å². The third-order valence-corrected chi connectivity index (χ3v) is 3.73. The van der Waals surface area contributed by atoms with E-state index in [0.717, 1.165) is 23.2 Å². The smallest absolute Gasteiger partial charge is 0.123 e. The Hall–Kier alpha value is -1.35. The molecule has 3 heteroatoms. The van der Waals surface area contributed by atoms with E-state index in [1.165, 1.54) is 23.3 Å². The van der Waals surface area contributed by atoms with Crippen molar-refractivity contribution in [3.05, 3.63) is 59.4 Å². The predicted molar refractivity (Wildman–Crippen MR) is 82.9 cm³/mol. The van der Waals surface area contributed by atoms with E-state index >= 15 is 0 Å². The molecule has 0 heterocycles. The molecule has 19 heavy (non-hydrogen) atoms. The lowest BCUT2D eigenvalue weighted by atomic mass is 10.1. The van der Waals surface area contributed by atoms with Crippen LogP contribution in [0.25, 0.3) is 0 Å². The highest BCUT2D eigenvalue weighted by Crippen LogP contribution is 2.30. The number of alkyl halides is 1. The second kappa shape index (κ2) is 6.20. The lowest BCUT2D eigenvalue weighted by molar-refractivity contribution is 0.628. The number of hydrogen-bond acceptors (Lipinski definition) is 1. The van der Waals surface area contributed by atoms with E-state index in [2.05, 4.69) is 52.9 Å². The van der Waals surface area contributed by atoms with Gasteiger partial charge < -0.3 is 4.90 Å². The summed E-state index contributed by atoms with van der Waals surface area (Å²) in [5.74, 6) is -0.204. The molecule has 100 valence electrons. The number of benzene rings is 2. The summed E-state index contributed by atoms with van der Waals surface area (Å²) < 4.78 is 13.0. The third kappa shape index (κ3) is 3.16. The Morgan fingerprint density at radius 3 is 2.37 bits per heavy atom. The topological polar surface area (TPSA) is 3.24 Å². The monoisotopic (exact) mass is 321 g/mol. The minimum Gasteiger partial charge on any atom is -0.342 e. The quantitative estimate of drug-likeness (QED) is 0.701. The van der Waals surface area contributed by atoms with E-state index < -0.39 is 0 Å². The molecule has 0 spiro atoms. The molecule has 0 atom stereocenters. The number of anilines is 2. The number of hydrogen-bond donors (Lipinski definition) is 0. The zero-order valence-corrected chi connectivity index (χ0v) is 12.7. The Morgan fingerprint density at radius 1 is 1.11 bits per heavy atom. The first-order valence-electron chi connectivity index (χ1n) is 6.34. The van der Waals surface area contributed by atoms with Crippen LogP contribution in [0.3, 0.4) is 0 Å². The van der Waals surface area contributed by atoms with Gasteiger partial charge in [0.25, 0.3) is 0 Å². The molecule has 0 aliphatic rings. The predicted octanol–water partition coefficient (Wildman–Crippen LogP) is 5.19. The molecule has 2 aromatic rings. The van der Waals surface area contributed by atoms with Gasteiger partial charge in [0.1, 0.15) is 5.82 Å². The van der Waals surface area contributed by atoms with Gasteiger partial charge in [-0.05, 0) is 49.7 Å². The first-order valence-corrected chi connectivity index (χ1v) is 7.46. The average Bonchev–Trinajstić information content (AvgIpc) is 2.43. The molecule has 2 rings (SSSR count). The molecule has 0 aromatic heterocycles. The molecule has 0 aliphatic carbocycles. The summed E-state index contributed by atoms with van der Waals surface area (Å²) in [6.07, 6.45) is 0. The lowest BCUT2D eigenvalue weighted by Gasteiger charge is -2.26. The highest BCUT2D eigenvalue weighted by molar-refractivity contribution is 9.08. The van der Waals surface area contributed by atoms with Crippen molar-refractivity contribution in [2.45, 2.75) is 19.2 Å². The maximum absolute atomic E-state index is 13.0. The molecule has 0 amide bonds. The second-order valence-electron chi connectivity index (χ2n) is 4.49. The van der Waals surface area contributed by atoms with Gasteiger partial charge in [0, 0.05) is 23.2 Å². The van der Waals surface area contributed by atoms with Gasteiger partial charge in [-0.2, -0.15) is 0 Å². The molecule has 0 saturated carbocycles. The molecule has 0 unspecified atom stereocenters. The second-order valence-corrected chi connectivity index (χ2v) is 5.05. The van der Waals surface area contributed by atoms with E-state index in [4.69, 9.17) is 0 Å². The van der Waals surface area contributed by atoms with E-state index in [0.29, 0.717) is 0 Å². The summed E-state index contributed by atoms with van der Waals surface area (Å²) in [6, 6.07) is 13.0. The molecule has 0 bridgehead atoms. The SMILES string of the molecule is CCN(c1ccc(F)cc1)c1ccc(C)cc1CBr. The largest absolute Gasteiger partial charge is 0.342 e. The summed E-state index contributed by atoms with van der Waals surface area (Å²) in [4.78, 5) is 2.19. The van der Waals surface area contributed by atoms with Crippen LogP contribution >= 0.6 is 15.9 Å². The Morgan fingerprint density at radius 2 is 1.79 bits per heavy atom. The van der Waals surface area contributed by atoms with Crippen molar-refractivity contribution in [2.24, 2.45) is 0 Å². The van der Waals surface area contributed by atoms with Crippen molar-refractivity contribution in [1.29, 1.82) is 0 Å². The Balaban J connectivity index is 2.44. The van der Waals surface area contributed by atoms with E-state index in [1.807, 2.05) is 12.1 Å². The van der Waals surface area contributed by atoms with Crippen molar-refractivity contribution in [1.82, 2.24) is 0 Å². The standard InChI is InChI=1S/C16H17BrFN/c1-3-19(15-7-5-14(18)6-8-15)16-9-4-12(2)10-13(16)11-17/h4-10H,3,11H2,1-2H3. The van der Waals surface area contributed by atoms with Crippen LogP contribution in [-0.2, 0) is 5.33 Å². The molecule has 0 radical (unpaired) electrons. The van der Waals surface area contributed by atoms with E-state index in [-0.39, 0.29) is 5.82 Å². The number of aryl methyl sites for hydroxylation is 1. The Kier molecular flexibility index (Phi) is 4.59. The maximum atomic E-state index is 13.0. The minimum atomic E-state index is -0.204. The van der Waals surface area contributed by atoms with Gasteiger partial charge >= 0.3 is 0 Å². The maximum Gasteiger partial charge on any atom is 0.123 e. The van der Waals surface area contributed by atoms with Gasteiger partial charge in [-0.15, -0.1) is 0 Å². The van der Waals surface area contributed by atoms with Crippen LogP contribution in [0.1, 0.15) is 18.1 Å². The summed E-state index contributed by atoms with van der Waals surface area (Å²) in [7, 11) is 0. The lowest BCUT2D eigenvalue weighted by Crippen LogP contribution is -2.17. The van der Waals surface area contributed by atoms with Gasteiger partial charge in [0.05, 0.1) is 0 Å². The van der Waals surface area contributed by atoms with Crippen molar-refractivity contribution < 1.29 is 4.39 Å². The van der Waals surface area contributed by atoms with E-state index in [9.17, 15) is 4.39 Å². The fraction of sp³-hybridized carbons (Fsp3) is 0.250. The van der Waals surface area contributed by atoms with Crippen LogP contribution in [0.4, 0.5) is 15.8 Å². The fourth-order valence-electron chi connectivity index (χ4n) is 2.20. The highest BCUT2D eigenvalue weighted by atomic mass is 79.9. The van der Waals surface area contributed by atoms with Crippen molar-refractivity contribution in [3.8, 4) is 0 Å². The Bertz CT molecular complexity index is 551. The molecular weight excluding hydrogens is 305 g/mol. The minimum absolute atomic E-state index is 0.204. The average molecular weight is 322 g/mol. The molecule has 0 fully saturated rings. The number of rotatable bonds is 4. The van der Waals surface area contributed by atoms with Crippen LogP contribution in [0.2, 0.25) is 0 Å². The third-order valence-electron chi connectivity index (χ3n) is 3.12. The molecule has 0 saturated heterocycles.